The molecule has 6 nitrogen and oxygen atoms in total. The van der Waals surface area contributed by atoms with Gasteiger partial charge in [0.1, 0.15) is 0 Å². The summed E-state index contributed by atoms with van der Waals surface area (Å²) in [5.74, 6) is -3.04. The predicted molar refractivity (Wildman–Crippen MR) is 43.1 cm³/mol. The molecule has 0 saturated heterocycles. The Morgan fingerprint density at radius 1 is 1.36 bits per heavy atom. The van der Waals surface area contributed by atoms with Crippen molar-refractivity contribution in [1.29, 1.82) is 0 Å². The molecule has 1 heterocycles. The third kappa shape index (κ3) is 2.15. The fourth-order valence-corrected chi connectivity index (χ4v) is 0.759. The molecule has 14 heavy (non-hydrogen) atoms. The largest absolute Gasteiger partial charge is 0.475 e. The van der Waals surface area contributed by atoms with E-state index in [1.165, 1.54) is 0 Å². The first-order valence-corrected chi connectivity index (χ1v) is 4.16. The van der Waals surface area contributed by atoms with Gasteiger partial charge in [-0.2, -0.15) is 0 Å². The molecule has 0 spiro atoms. The van der Waals surface area contributed by atoms with Crippen molar-refractivity contribution in [3.05, 3.63) is 11.5 Å². The van der Waals surface area contributed by atoms with Crippen molar-refractivity contribution in [1.82, 2.24) is 0 Å². The molecule has 0 aliphatic heterocycles. The van der Waals surface area contributed by atoms with Crippen molar-refractivity contribution >= 4 is 11.9 Å². The second-order valence-electron chi connectivity index (χ2n) is 2.62. The van der Waals surface area contributed by atoms with Gasteiger partial charge < -0.3 is 9.84 Å². The summed E-state index contributed by atoms with van der Waals surface area (Å²) in [6.07, 6.45) is 1.61. The second kappa shape index (κ2) is 4.50. The van der Waals surface area contributed by atoms with Gasteiger partial charge in [0.25, 0.3) is 0 Å². The van der Waals surface area contributed by atoms with Crippen molar-refractivity contribution < 1.29 is 28.6 Å². The van der Waals surface area contributed by atoms with Crippen LogP contribution in [-0.2, 0) is 4.74 Å². The quantitative estimate of drug-likeness (QED) is 0.442. The number of hydrogen-bond acceptors (Lipinski definition) is 5. The average Bonchev–Trinajstić information content (AvgIpc) is 2.01. The van der Waals surface area contributed by atoms with E-state index in [0.29, 0.717) is 0 Å². The highest BCUT2D eigenvalue weighted by molar-refractivity contribution is 5.98. The van der Waals surface area contributed by atoms with Crippen molar-refractivity contribution in [2.75, 3.05) is 6.61 Å². The molecule has 0 bridgehead atoms. The van der Waals surface area contributed by atoms with Gasteiger partial charge in [-0.15, -0.1) is 0 Å². The van der Waals surface area contributed by atoms with E-state index in [1.54, 1.807) is 0 Å². The summed E-state index contributed by atoms with van der Waals surface area (Å²) in [5.41, 5.74) is 0. The molecular weight excluding hydrogens is 192 g/mol. The zero-order valence-corrected chi connectivity index (χ0v) is 7.61. The Morgan fingerprint density at radius 2 is 2.00 bits per heavy atom. The first-order valence-electron chi connectivity index (χ1n) is 4.16. The van der Waals surface area contributed by atoms with Crippen LogP contribution in [0.3, 0.4) is 0 Å². The van der Waals surface area contributed by atoms with Crippen LogP contribution in [0.5, 0.6) is 0 Å². The van der Waals surface area contributed by atoms with E-state index in [2.05, 4.69) is 9.15 Å². The summed E-state index contributed by atoms with van der Waals surface area (Å²) in [7, 11) is 0. The summed E-state index contributed by atoms with van der Waals surface area (Å²) in [6.45, 7) is 2.19. The second-order valence-corrected chi connectivity index (χ2v) is 2.62. The van der Waals surface area contributed by atoms with Crippen molar-refractivity contribution in [2.45, 2.75) is 19.8 Å². The molecule has 0 unspecified atom stereocenters. The standard InChI is InChI=1S/C8H10O6/c1-2-3-4-12-8(11)6-5(7(9)10)13-14-6/h2-4H2,1H3,(H,9,10). The third-order valence-corrected chi connectivity index (χ3v) is 1.53. The maximum Gasteiger partial charge on any atom is 0.383 e. The minimum Gasteiger partial charge on any atom is -0.475 e. The van der Waals surface area contributed by atoms with Crippen molar-refractivity contribution in [3.8, 4) is 0 Å². The fraction of sp³-hybridized carbons (Fsp3) is 0.500. The lowest BCUT2D eigenvalue weighted by Gasteiger charge is -2.04. The maximum absolute atomic E-state index is 11.1. The molecule has 0 aromatic carbocycles. The molecule has 1 N–H and O–H groups in total. The van der Waals surface area contributed by atoms with Crippen LogP contribution in [0.25, 0.3) is 0 Å². The highest BCUT2D eigenvalue weighted by atomic mass is 17.0. The van der Waals surface area contributed by atoms with E-state index in [1.807, 2.05) is 6.92 Å². The topological polar surface area (TPSA) is 89.9 Å². The third-order valence-electron chi connectivity index (χ3n) is 1.53. The van der Waals surface area contributed by atoms with E-state index < -0.39 is 17.7 Å². The summed E-state index contributed by atoms with van der Waals surface area (Å²) >= 11 is 0. The molecule has 0 aliphatic rings. The van der Waals surface area contributed by atoms with Crippen LogP contribution in [0.4, 0.5) is 0 Å². The normalized spacial score (nSPS) is 10.1. The van der Waals surface area contributed by atoms with E-state index in [9.17, 15) is 9.59 Å². The Morgan fingerprint density at radius 3 is 2.43 bits per heavy atom. The summed E-state index contributed by atoms with van der Waals surface area (Å²) < 4.78 is 13.0. The number of ether oxygens (including phenoxy) is 1. The highest BCUT2D eigenvalue weighted by Crippen LogP contribution is 2.14. The summed E-state index contributed by atoms with van der Waals surface area (Å²) in [5, 5.41) is 8.45. The van der Waals surface area contributed by atoms with Crippen LogP contribution >= 0.6 is 0 Å². The van der Waals surface area contributed by atoms with Gasteiger partial charge in [-0.3, -0.25) is 9.15 Å². The molecule has 0 fully saturated rings. The van der Waals surface area contributed by atoms with Gasteiger partial charge in [0.05, 0.1) is 6.61 Å². The minimum atomic E-state index is -1.35. The molecule has 6 heteroatoms. The van der Waals surface area contributed by atoms with E-state index >= 15 is 0 Å². The Bertz CT molecular complexity index is 320. The molecular formula is C8H10O6. The Hall–Kier alpha value is -1.72. The lowest BCUT2D eigenvalue weighted by molar-refractivity contribution is -0.0406. The monoisotopic (exact) mass is 202 g/mol. The maximum atomic E-state index is 11.1. The SMILES string of the molecule is CCCCOC(=O)c1ooc1C(=O)O. The molecule has 1 aromatic heterocycles. The zero-order valence-electron chi connectivity index (χ0n) is 7.61. The smallest absolute Gasteiger partial charge is 0.383 e. The van der Waals surface area contributed by atoms with Gasteiger partial charge in [0.15, 0.2) is 0 Å². The number of rotatable bonds is 5. The molecule has 1 rings (SSSR count). The average molecular weight is 202 g/mol. The summed E-state index contributed by atoms with van der Waals surface area (Å²) in [6, 6.07) is 0. The number of carbonyl (C=O) groups is 2. The Labute approximate surface area is 79.4 Å². The van der Waals surface area contributed by atoms with Gasteiger partial charge in [-0.1, -0.05) is 13.3 Å². The van der Waals surface area contributed by atoms with Gasteiger partial charge in [-0.25, -0.2) is 9.59 Å². The number of carboxylic acids is 1. The number of carbonyl (C=O) groups excluding carboxylic acids is 1. The Kier molecular flexibility index (Phi) is 3.33. The molecule has 78 valence electrons. The first kappa shape index (κ1) is 10.4. The molecule has 0 aliphatic carbocycles. The van der Waals surface area contributed by atoms with Crippen LogP contribution in [0.2, 0.25) is 0 Å². The van der Waals surface area contributed by atoms with Gasteiger partial charge in [-0.05, 0) is 6.42 Å². The van der Waals surface area contributed by atoms with Gasteiger partial charge in [0.2, 0.25) is 0 Å². The Balaban J connectivity index is 2.46. The van der Waals surface area contributed by atoms with Gasteiger partial charge in [0, 0.05) is 0 Å². The minimum absolute atomic E-state index is 0.245. The number of esters is 1. The fourth-order valence-electron chi connectivity index (χ4n) is 0.759. The number of carboxylic acid groups (broad SMARTS) is 1. The zero-order chi connectivity index (χ0) is 10.6. The molecule has 0 radical (unpaired) electrons. The number of hydrogen-bond donors (Lipinski definition) is 1. The van der Waals surface area contributed by atoms with Crippen LogP contribution in [0.1, 0.15) is 40.9 Å². The predicted octanol–water partition coefficient (Wildman–Crippen LogP) is 1.53. The van der Waals surface area contributed by atoms with Gasteiger partial charge >= 0.3 is 23.5 Å². The van der Waals surface area contributed by atoms with E-state index in [4.69, 9.17) is 9.84 Å². The molecule has 0 atom stereocenters. The molecule has 0 amide bonds. The molecule has 0 saturated carbocycles. The van der Waals surface area contributed by atoms with Crippen LogP contribution in [0.15, 0.2) is 9.15 Å². The van der Waals surface area contributed by atoms with Crippen LogP contribution in [0, 0.1) is 0 Å². The van der Waals surface area contributed by atoms with Crippen molar-refractivity contribution in [2.24, 2.45) is 0 Å². The number of aromatic carboxylic acids is 1. The highest BCUT2D eigenvalue weighted by Gasteiger charge is 2.29. The first-order chi connectivity index (χ1) is 6.66. The van der Waals surface area contributed by atoms with Crippen LogP contribution in [-0.4, -0.2) is 23.7 Å². The summed E-state index contributed by atoms with van der Waals surface area (Å²) in [4.78, 5) is 21.4. The molecule has 1 aromatic rings. The lowest BCUT2D eigenvalue weighted by atomic mass is 10.3. The lowest BCUT2D eigenvalue weighted by Crippen LogP contribution is -2.14. The van der Waals surface area contributed by atoms with E-state index in [-0.39, 0.29) is 12.4 Å². The van der Waals surface area contributed by atoms with Crippen molar-refractivity contribution in [3.63, 3.8) is 0 Å². The van der Waals surface area contributed by atoms with Crippen LogP contribution < -0.4 is 0 Å². The van der Waals surface area contributed by atoms with E-state index in [0.717, 1.165) is 12.8 Å². The number of unbranched alkanes of at least 4 members (excludes halogenated alkanes) is 1.